The summed E-state index contributed by atoms with van der Waals surface area (Å²) in [6.07, 6.45) is 1.98. The average Bonchev–Trinajstić information content (AvgIpc) is 2.45. The van der Waals surface area contributed by atoms with E-state index in [0.29, 0.717) is 12.1 Å². The third kappa shape index (κ3) is 9.55. The van der Waals surface area contributed by atoms with Crippen LogP contribution in [0, 0.1) is 0 Å². The predicted molar refractivity (Wildman–Crippen MR) is 79.3 cm³/mol. The number of nitrogens with zero attached hydrogens (tertiary/aromatic N) is 1. The first-order valence-corrected chi connectivity index (χ1v) is 6.63. The van der Waals surface area contributed by atoms with Crippen LogP contribution in [0.15, 0.2) is 30.3 Å². The summed E-state index contributed by atoms with van der Waals surface area (Å²) in [7, 11) is 0. The molecule has 7 nitrogen and oxygen atoms in total. The number of benzene rings is 1. The van der Waals surface area contributed by atoms with Crippen LogP contribution in [-0.2, 0) is 9.59 Å². The third-order valence-corrected chi connectivity index (χ3v) is 2.56. The zero-order chi connectivity index (χ0) is 16.3. The van der Waals surface area contributed by atoms with Crippen LogP contribution in [0.25, 0.3) is 0 Å². The molecule has 0 saturated heterocycles. The molecule has 1 aromatic carbocycles. The van der Waals surface area contributed by atoms with E-state index in [1.54, 1.807) is 24.3 Å². The number of carboxylic acid groups (broad SMARTS) is 2. The van der Waals surface area contributed by atoms with Gasteiger partial charge in [-0.2, -0.15) is 0 Å². The number of carboxylic acids is 2. The van der Waals surface area contributed by atoms with Crippen LogP contribution in [0.2, 0.25) is 0 Å². The molecule has 1 rings (SSSR count). The summed E-state index contributed by atoms with van der Waals surface area (Å²) in [6, 6.07) is 7.82. The van der Waals surface area contributed by atoms with E-state index in [2.05, 4.69) is 0 Å². The zero-order valence-corrected chi connectivity index (χ0v) is 12.1. The van der Waals surface area contributed by atoms with Crippen molar-refractivity contribution in [3.63, 3.8) is 0 Å². The fraction of sp³-hybridized carbons (Fsp3) is 0.429. The zero-order valence-electron chi connectivity index (χ0n) is 12.1. The first-order valence-electron chi connectivity index (χ1n) is 6.63. The Morgan fingerprint density at radius 1 is 1.24 bits per heavy atom. The Kier molecular flexibility index (Phi) is 9.78. The van der Waals surface area contributed by atoms with E-state index < -0.39 is 18.0 Å². The van der Waals surface area contributed by atoms with Crippen molar-refractivity contribution in [2.45, 2.75) is 25.8 Å². The van der Waals surface area contributed by atoms with Crippen molar-refractivity contribution in [2.75, 3.05) is 13.1 Å². The lowest BCUT2D eigenvalue weighted by Crippen LogP contribution is -2.36. The Bertz CT molecular complexity index is 425. The molecule has 0 bridgehead atoms. The Balaban J connectivity index is 0.000000384. The average molecular weight is 297 g/mol. The maximum absolute atomic E-state index is 10.4. The van der Waals surface area contributed by atoms with Crippen molar-refractivity contribution >= 4 is 11.9 Å². The van der Waals surface area contributed by atoms with Crippen molar-refractivity contribution in [1.29, 1.82) is 0 Å². The summed E-state index contributed by atoms with van der Waals surface area (Å²) in [5.41, 5.74) is 5.96. The molecule has 6 N–H and O–H groups in total. The number of nitrogens with two attached hydrogens (primary N) is 2. The van der Waals surface area contributed by atoms with E-state index >= 15 is 0 Å². The van der Waals surface area contributed by atoms with Crippen molar-refractivity contribution in [3.8, 4) is 0 Å². The van der Waals surface area contributed by atoms with E-state index in [9.17, 15) is 9.59 Å². The van der Waals surface area contributed by atoms with Gasteiger partial charge in [-0.25, -0.2) is 5.01 Å². The summed E-state index contributed by atoms with van der Waals surface area (Å²) >= 11 is 0. The van der Waals surface area contributed by atoms with E-state index in [1.165, 1.54) is 5.01 Å². The van der Waals surface area contributed by atoms with E-state index in [1.807, 2.05) is 13.0 Å². The van der Waals surface area contributed by atoms with Crippen LogP contribution in [0.3, 0.4) is 0 Å². The standard InChI is InChI=1S/C8H9NO2.C6H14N2O2/c9-7(8(10)11)6-4-2-1-3-5-6;1-2-3-4-8(7)5-6(9)10/h1-5,7H,9H2,(H,10,11);2-5,7H2,1H3,(H,9,10). The van der Waals surface area contributed by atoms with Crippen LogP contribution in [0.5, 0.6) is 0 Å². The number of hydrazine groups is 1. The smallest absolute Gasteiger partial charge is 0.325 e. The number of aliphatic carboxylic acids is 2. The minimum absolute atomic E-state index is 0.0694. The van der Waals surface area contributed by atoms with Gasteiger partial charge in [-0.05, 0) is 12.0 Å². The first kappa shape index (κ1) is 19.0. The lowest BCUT2D eigenvalue weighted by Gasteiger charge is -2.11. The lowest BCUT2D eigenvalue weighted by molar-refractivity contribution is -0.139. The molecule has 0 aromatic heterocycles. The van der Waals surface area contributed by atoms with E-state index in [-0.39, 0.29) is 6.54 Å². The van der Waals surface area contributed by atoms with Gasteiger partial charge in [0.05, 0.1) is 0 Å². The largest absolute Gasteiger partial charge is 0.480 e. The first-order chi connectivity index (χ1) is 9.88. The Morgan fingerprint density at radius 2 is 1.81 bits per heavy atom. The van der Waals surface area contributed by atoms with E-state index in [4.69, 9.17) is 21.8 Å². The van der Waals surface area contributed by atoms with Crippen LogP contribution in [0.4, 0.5) is 0 Å². The fourth-order valence-electron chi connectivity index (χ4n) is 1.42. The molecule has 0 amide bonds. The summed E-state index contributed by atoms with van der Waals surface area (Å²) in [5, 5.41) is 18.1. The second-order valence-corrected chi connectivity index (χ2v) is 4.44. The second-order valence-electron chi connectivity index (χ2n) is 4.44. The summed E-state index contributed by atoms with van der Waals surface area (Å²) in [4.78, 5) is 20.4. The van der Waals surface area contributed by atoms with Gasteiger partial charge in [0.15, 0.2) is 0 Å². The molecule has 1 atom stereocenters. The number of hydrogen-bond acceptors (Lipinski definition) is 5. The van der Waals surface area contributed by atoms with Gasteiger partial charge in [0.1, 0.15) is 12.6 Å². The highest BCUT2D eigenvalue weighted by molar-refractivity contribution is 5.75. The van der Waals surface area contributed by atoms with Crippen molar-refractivity contribution < 1.29 is 19.8 Å². The number of carbonyl (C=O) groups is 2. The second kappa shape index (κ2) is 10.8. The summed E-state index contributed by atoms with van der Waals surface area (Å²) in [5.74, 6) is 3.43. The van der Waals surface area contributed by atoms with Gasteiger partial charge in [0, 0.05) is 6.54 Å². The van der Waals surface area contributed by atoms with Crippen LogP contribution in [-0.4, -0.2) is 40.3 Å². The highest BCUT2D eigenvalue weighted by Gasteiger charge is 2.12. The number of rotatable bonds is 7. The Morgan fingerprint density at radius 3 is 2.24 bits per heavy atom. The topological polar surface area (TPSA) is 130 Å². The molecular weight excluding hydrogens is 274 g/mol. The van der Waals surface area contributed by atoms with Gasteiger partial charge in [-0.3, -0.25) is 15.4 Å². The molecule has 1 aromatic rings. The quantitative estimate of drug-likeness (QED) is 0.433. The molecule has 7 heteroatoms. The molecule has 0 aliphatic rings. The van der Waals surface area contributed by atoms with Crippen LogP contribution in [0.1, 0.15) is 31.4 Å². The molecule has 118 valence electrons. The highest BCUT2D eigenvalue weighted by Crippen LogP contribution is 2.08. The SMILES string of the molecule is CCCCN(N)CC(=O)O.NC(C(=O)O)c1ccccc1. The normalized spacial score (nSPS) is 11.4. The van der Waals surface area contributed by atoms with E-state index in [0.717, 1.165) is 12.8 Å². The molecule has 21 heavy (non-hydrogen) atoms. The number of hydrogen-bond donors (Lipinski definition) is 4. The Hall–Kier alpha value is -1.96. The molecule has 0 heterocycles. The monoisotopic (exact) mass is 297 g/mol. The molecule has 0 aliphatic heterocycles. The number of unbranched alkanes of at least 4 members (excludes halogenated alkanes) is 1. The summed E-state index contributed by atoms with van der Waals surface area (Å²) < 4.78 is 0. The Labute approximate surface area is 124 Å². The minimum atomic E-state index is -1.00. The molecule has 0 aliphatic carbocycles. The molecule has 0 fully saturated rings. The molecular formula is C14H23N3O4. The highest BCUT2D eigenvalue weighted by atomic mass is 16.4. The molecule has 0 spiro atoms. The van der Waals surface area contributed by atoms with Gasteiger partial charge in [0.25, 0.3) is 0 Å². The molecule has 1 unspecified atom stereocenters. The van der Waals surface area contributed by atoms with Crippen LogP contribution < -0.4 is 11.6 Å². The van der Waals surface area contributed by atoms with Gasteiger partial charge in [-0.1, -0.05) is 43.7 Å². The van der Waals surface area contributed by atoms with Gasteiger partial charge in [-0.15, -0.1) is 0 Å². The van der Waals surface area contributed by atoms with Gasteiger partial charge in [0.2, 0.25) is 0 Å². The summed E-state index contributed by atoms with van der Waals surface area (Å²) in [6.45, 7) is 2.62. The van der Waals surface area contributed by atoms with Crippen LogP contribution >= 0.6 is 0 Å². The third-order valence-electron chi connectivity index (χ3n) is 2.56. The minimum Gasteiger partial charge on any atom is -0.480 e. The van der Waals surface area contributed by atoms with Crippen molar-refractivity contribution in [1.82, 2.24) is 5.01 Å². The fourth-order valence-corrected chi connectivity index (χ4v) is 1.42. The van der Waals surface area contributed by atoms with Gasteiger partial charge >= 0.3 is 11.9 Å². The maximum atomic E-state index is 10.4. The lowest BCUT2D eigenvalue weighted by atomic mass is 10.1. The van der Waals surface area contributed by atoms with Gasteiger partial charge < -0.3 is 15.9 Å². The maximum Gasteiger partial charge on any atom is 0.325 e. The van der Waals surface area contributed by atoms with Crippen molar-refractivity contribution in [2.24, 2.45) is 11.6 Å². The molecule has 0 radical (unpaired) electrons. The molecule has 0 saturated carbocycles. The van der Waals surface area contributed by atoms with Crippen molar-refractivity contribution in [3.05, 3.63) is 35.9 Å². The predicted octanol–water partition coefficient (Wildman–Crippen LogP) is 0.818.